The molecule has 0 amide bonds. The van der Waals surface area contributed by atoms with Gasteiger partial charge in [0.25, 0.3) is 0 Å². The van der Waals surface area contributed by atoms with E-state index in [1.165, 1.54) is 0 Å². The number of hydrogen-bond acceptors (Lipinski definition) is 4. The maximum atomic E-state index is 12.4. The van der Waals surface area contributed by atoms with Gasteiger partial charge in [-0.25, -0.2) is 4.98 Å². The smallest absolute Gasteiger partial charge is 0.287 e. The van der Waals surface area contributed by atoms with Crippen LogP contribution in [0.1, 0.15) is 19.6 Å². The third-order valence-corrected chi connectivity index (χ3v) is 6.14. The summed E-state index contributed by atoms with van der Waals surface area (Å²) >= 11 is 7.93. The second kappa shape index (κ2) is 5.03. The number of nitrogens with zero attached hydrogens (tertiary/aromatic N) is 1. The summed E-state index contributed by atoms with van der Waals surface area (Å²) in [6.07, 6.45) is -3.56. The molecule has 18 heavy (non-hydrogen) atoms. The lowest BCUT2D eigenvalue weighted by Crippen LogP contribution is -2.03. The van der Waals surface area contributed by atoms with Crippen LogP contribution in [0.4, 0.5) is 13.2 Å². The summed E-state index contributed by atoms with van der Waals surface area (Å²) < 4.78 is 38.5. The predicted octanol–water partition coefficient (Wildman–Crippen LogP) is 4.98. The van der Waals surface area contributed by atoms with Crippen LogP contribution in [0, 0.1) is 0 Å². The van der Waals surface area contributed by atoms with Crippen molar-refractivity contribution in [2.24, 2.45) is 0 Å². The van der Waals surface area contributed by atoms with Crippen LogP contribution < -0.4 is 0 Å². The predicted molar refractivity (Wildman–Crippen MR) is 70.3 cm³/mol. The zero-order chi connectivity index (χ0) is 13.5. The molecule has 0 aromatic carbocycles. The van der Waals surface area contributed by atoms with Gasteiger partial charge in [0.15, 0.2) is 5.01 Å². The fourth-order valence-corrected chi connectivity index (χ4v) is 3.88. The van der Waals surface area contributed by atoms with Gasteiger partial charge in [-0.15, -0.1) is 22.7 Å². The van der Waals surface area contributed by atoms with Crippen molar-refractivity contribution in [2.75, 3.05) is 0 Å². The molecule has 9 heteroatoms. The fourth-order valence-electron chi connectivity index (χ4n) is 1.09. The van der Waals surface area contributed by atoms with Crippen molar-refractivity contribution in [1.82, 2.24) is 4.98 Å². The van der Waals surface area contributed by atoms with E-state index in [-0.39, 0.29) is 4.88 Å². The van der Waals surface area contributed by atoms with Gasteiger partial charge >= 0.3 is 6.18 Å². The molecule has 2 aromatic heterocycles. The van der Waals surface area contributed by atoms with Gasteiger partial charge in [-0.05, 0) is 37.9 Å². The van der Waals surface area contributed by atoms with E-state index in [0.717, 1.165) is 17.5 Å². The van der Waals surface area contributed by atoms with Gasteiger partial charge < -0.3 is 0 Å². The first-order valence-electron chi connectivity index (χ1n) is 4.31. The number of carbonyl (C=O) groups excluding carboxylic acids is 1. The van der Waals surface area contributed by atoms with Crippen molar-refractivity contribution < 1.29 is 18.0 Å². The number of thiazole rings is 1. The van der Waals surface area contributed by atoms with Crippen molar-refractivity contribution in [1.29, 1.82) is 0 Å². The third kappa shape index (κ3) is 2.84. The third-order valence-electron chi connectivity index (χ3n) is 1.84. The van der Waals surface area contributed by atoms with Crippen LogP contribution in [0.5, 0.6) is 0 Å². The summed E-state index contributed by atoms with van der Waals surface area (Å²) in [5.41, 5.74) is 0. The minimum absolute atomic E-state index is 0.0245. The summed E-state index contributed by atoms with van der Waals surface area (Å²) in [4.78, 5) is 15.5. The molecule has 0 aliphatic heterocycles. The lowest BCUT2D eigenvalue weighted by Gasteiger charge is -1.98. The number of ketones is 1. The molecule has 0 aliphatic carbocycles. The highest BCUT2D eigenvalue weighted by Gasteiger charge is 2.35. The molecule has 0 saturated carbocycles. The highest BCUT2D eigenvalue weighted by atomic mass is 79.9. The van der Waals surface area contributed by atoms with Crippen LogP contribution in [0.2, 0.25) is 0 Å². The number of hydrogen-bond donors (Lipinski definition) is 0. The van der Waals surface area contributed by atoms with Crippen LogP contribution >= 0.6 is 54.5 Å². The molecule has 0 N–H and O–H groups in total. The molecule has 2 aromatic rings. The second-order valence-electron chi connectivity index (χ2n) is 3.09. The van der Waals surface area contributed by atoms with E-state index >= 15 is 0 Å². The van der Waals surface area contributed by atoms with Crippen LogP contribution in [0.3, 0.4) is 0 Å². The summed E-state index contributed by atoms with van der Waals surface area (Å²) in [6, 6.07) is 1.56. The quantitative estimate of drug-likeness (QED) is 0.641. The maximum absolute atomic E-state index is 12.4. The summed E-state index contributed by atoms with van der Waals surface area (Å²) in [7, 11) is 0. The Bertz CT molecular complexity index is 586. The normalized spacial score (nSPS) is 11.8. The van der Waals surface area contributed by atoms with Gasteiger partial charge in [-0.1, -0.05) is 0 Å². The minimum Gasteiger partial charge on any atom is -0.287 e. The molecule has 2 rings (SSSR count). The van der Waals surface area contributed by atoms with Crippen LogP contribution in [0.15, 0.2) is 20.5 Å². The van der Waals surface area contributed by atoms with Gasteiger partial charge in [0.2, 0.25) is 5.78 Å². The first-order chi connectivity index (χ1) is 8.29. The van der Waals surface area contributed by atoms with Gasteiger partial charge in [0.1, 0.15) is 0 Å². The average Bonchev–Trinajstić information content (AvgIpc) is 2.85. The summed E-state index contributed by atoms with van der Waals surface area (Å²) in [6.45, 7) is 0. The molecule has 96 valence electrons. The molecule has 0 spiro atoms. The van der Waals surface area contributed by atoms with Crippen molar-refractivity contribution in [3.05, 3.63) is 35.3 Å². The zero-order valence-electron chi connectivity index (χ0n) is 8.22. The number of halogens is 5. The Labute approximate surface area is 124 Å². The Balaban J connectivity index is 2.32. The zero-order valence-corrected chi connectivity index (χ0v) is 13.0. The SMILES string of the molecule is O=C(c1cnc(C(F)(F)F)s1)c1cc(Br)c(Br)s1. The van der Waals surface area contributed by atoms with Gasteiger partial charge in [-0.3, -0.25) is 4.79 Å². The monoisotopic (exact) mass is 419 g/mol. The molecule has 0 fully saturated rings. The van der Waals surface area contributed by atoms with Crippen molar-refractivity contribution in [3.8, 4) is 0 Å². The fraction of sp³-hybridized carbons (Fsp3) is 0.111. The maximum Gasteiger partial charge on any atom is 0.443 e. The molecular formula is C9H2Br2F3NOS2. The van der Waals surface area contributed by atoms with E-state index in [2.05, 4.69) is 36.8 Å². The molecule has 0 atom stereocenters. The van der Waals surface area contributed by atoms with Crippen LogP contribution in [-0.2, 0) is 6.18 Å². The Morgan fingerprint density at radius 1 is 1.22 bits per heavy atom. The van der Waals surface area contributed by atoms with Gasteiger partial charge in [-0.2, -0.15) is 13.2 Å². The van der Waals surface area contributed by atoms with Crippen molar-refractivity contribution >= 4 is 60.3 Å². The average molecular weight is 421 g/mol. The van der Waals surface area contributed by atoms with Gasteiger partial charge in [0.05, 0.1) is 13.5 Å². The number of alkyl halides is 3. The molecule has 0 unspecified atom stereocenters. The van der Waals surface area contributed by atoms with E-state index in [9.17, 15) is 18.0 Å². The number of rotatable bonds is 2. The second-order valence-corrected chi connectivity index (χ2v) is 7.34. The molecule has 0 saturated heterocycles. The van der Waals surface area contributed by atoms with E-state index in [1.807, 2.05) is 0 Å². The topological polar surface area (TPSA) is 30.0 Å². The van der Waals surface area contributed by atoms with E-state index in [0.29, 0.717) is 24.5 Å². The molecular weight excluding hydrogens is 419 g/mol. The summed E-state index contributed by atoms with van der Waals surface area (Å²) in [5, 5.41) is -1.01. The van der Waals surface area contributed by atoms with E-state index in [1.54, 1.807) is 6.07 Å². The molecule has 0 bridgehead atoms. The Morgan fingerprint density at radius 3 is 2.33 bits per heavy atom. The highest BCUT2D eigenvalue weighted by Crippen LogP contribution is 2.36. The first kappa shape index (κ1) is 14.2. The largest absolute Gasteiger partial charge is 0.443 e. The molecule has 0 aliphatic rings. The Kier molecular flexibility index (Phi) is 3.96. The van der Waals surface area contributed by atoms with E-state index in [4.69, 9.17) is 0 Å². The number of thiophene rings is 1. The lowest BCUT2D eigenvalue weighted by molar-refractivity contribution is -0.137. The lowest BCUT2D eigenvalue weighted by atomic mass is 10.3. The number of carbonyl (C=O) groups is 1. The Hall–Kier alpha value is -0.250. The Morgan fingerprint density at radius 2 is 1.89 bits per heavy atom. The number of aromatic nitrogens is 1. The van der Waals surface area contributed by atoms with Gasteiger partial charge in [0, 0.05) is 10.7 Å². The van der Waals surface area contributed by atoms with Crippen LogP contribution in [0.25, 0.3) is 0 Å². The molecule has 0 radical (unpaired) electrons. The molecule has 2 heterocycles. The van der Waals surface area contributed by atoms with Crippen molar-refractivity contribution in [2.45, 2.75) is 6.18 Å². The summed E-state index contributed by atoms with van der Waals surface area (Å²) in [5.74, 6) is -0.459. The first-order valence-corrected chi connectivity index (χ1v) is 7.53. The minimum atomic E-state index is -4.51. The molecule has 2 nitrogen and oxygen atoms in total. The highest BCUT2D eigenvalue weighted by molar-refractivity contribution is 9.13. The standard InChI is InChI=1S/C9H2Br2F3NOS2/c10-3-1-4(17-7(3)11)6(16)5-2-15-8(18-5)9(12,13)14/h1-2H. The van der Waals surface area contributed by atoms with Crippen molar-refractivity contribution in [3.63, 3.8) is 0 Å². The van der Waals surface area contributed by atoms with Crippen LogP contribution in [-0.4, -0.2) is 10.8 Å². The van der Waals surface area contributed by atoms with E-state index < -0.39 is 17.0 Å².